The van der Waals surface area contributed by atoms with Gasteiger partial charge in [0.1, 0.15) is 5.82 Å². The highest BCUT2D eigenvalue weighted by Crippen LogP contribution is 2.26. The van der Waals surface area contributed by atoms with Crippen molar-refractivity contribution >= 4 is 5.82 Å². The fourth-order valence-corrected chi connectivity index (χ4v) is 1.39. The van der Waals surface area contributed by atoms with Crippen LogP contribution in [0.2, 0.25) is 0 Å². The van der Waals surface area contributed by atoms with Crippen LogP contribution < -0.4 is 5.32 Å². The van der Waals surface area contributed by atoms with Crippen molar-refractivity contribution in [2.75, 3.05) is 12.4 Å². The lowest BCUT2D eigenvalue weighted by molar-refractivity contribution is 0.0189. The minimum absolute atomic E-state index is 0.259. The van der Waals surface area contributed by atoms with Gasteiger partial charge in [-0.1, -0.05) is 6.07 Å². The van der Waals surface area contributed by atoms with E-state index in [-0.39, 0.29) is 5.60 Å². The Morgan fingerprint density at radius 2 is 2.13 bits per heavy atom. The van der Waals surface area contributed by atoms with Gasteiger partial charge >= 0.3 is 0 Å². The van der Waals surface area contributed by atoms with Crippen LogP contribution in [0.15, 0.2) is 18.3 Å². The summed E-state index contributed by atoms with van der Waals surface area (Å²) in [6.07, 6.45) is 4.42. The Bertz CT molecular complexity index is 328. The summed E-state index contributed by atoms with van der Waals surface area (Å²) >= 11 is 0. The van der Waals surface area contributed by atoms with Gasteiger partial charge in [-0.05, 0) is 32.8 Å². The predicted octanol–water partition coefficient (Wildman–Crippen LogP) is 2.54. The Morgan fingerprint density at radius 3 is 2.60 bits per heavy atom. The highest BCUT2D eigenvalue weighted by Gasteiger charge is 2.22. The molecule has 0 atom stereocenters. The maximum atomic E-state index is 5.40. The molecular formula is C12H18N2O. The average Bonchev–Trinajstić information content (AvgIpc) is 3.03. The molecule has 1 aliphatic carbocycles. The van der Waals surface area contributed by atoms with Gasteiger partial charge in [0.15, 0.2) is 0 Å². The number of methoxy groups -OCH3 is 1. The topological polar surface area (TPSA) is 34.1 Å². The van der Waals surface area contributed by atoms with Gasteiger partial charge in [-0.25, -0.2) is 4.98 Å². The van der Waals surface area contributed by atoms with Gasteiger partial charge in [0.2, 0.25) is 0 Å². The van der Waals surface area contributed by atoms with Gasteiger partial charge in [0, 0.05) is 24.9 Å². The molecule has 0 bridgehead atoms. The third kappa shape index (κ3) is 2.48. The zero-order chi connectivity index (χ0) is 10.9. The molecule has 0 radical (unpaired) electrons. The fourth-order valence-electron chi connectivity index (χ4n) is 1.39. The van der Waals surface area contributed by atoms with E-state index >= 15 is 0 Å². The number of anilines is 1. The van der Waals surface area contributed by atoms with Gasteiger partial charge < -0.3 is 10.1 Å². The van der Waals surface area contributed by atoms with Crippen molar-refractivity contribution in [3.63, 3.8) is 0 Å². The standard InChI is InChI=1S/C12H18N2O/c1-12(2,15-3)9-4-7-11(13-8-9)14-10-5-6-10/h4,7-8,10H,5-6H2,1-3H3,(H,13,14). The second-order valence-electron chi connectivity index (χ2n) is 4.57. The molecule has 0 spiro atoms. The molecule has 3 nitrogen and oxygen atoms in total. The van der Waals surface area contributed by atoms with Crippen LogP contribution in [-0.4, -0.2) is 18.1 Å². The highest BCUT2D eigenvalue weighted by molar-refractivity contribution is 5.38. The van der Waals surface area contributed by atoms with Crippen LogP contribution in [0, 0.1) is 0 Å². The van der Waals surface area contributed by atoms with Gasteiger partial charge in [-0.3, -0.25) is 0 Å². The summed E-state index contributed by atoms with van der Waals surface area (Å²) in [7, 11) is 1.72. The summed E-state index contributed by atoms with van der Waals surface area (Å²) in [6.45, 7) is 4.08. The Morgan fingerprint density at radius 1 is 1.40 bits per heavy atom. The molecule has 1 heterocycles. The monoisotopic (exact) mass is 206 g/mol. The first-order valence-corrected chi connectivity index (χ1v) is 5.40. The lowest BCUT2D eigenvalue weighted by Gasteiger charge is -2.23. The Labute approximate surface area is 90.9 Å². The first-order valence-electron chi connectivity index (χ1n) is 5.40. The smallest absolute Gasteiger partial charge is 0.126 e. The Balaban J connectivity index is 2.08. The maximum Gasteiger partial charge on any atom is 0.126 e. The van der Waals surface area contributed by atoms with Crippen molar-refractivity contribution in [1.82, 2.24) is 4.98 Å². The van der Waals surface area contributed by atoms with Crippen LogP contribution in [0.1, 0.15) is 32.3 Å². The summed E-state index contributed by atoms with van der Waals surface area (Å²) < 4.78 is 5.40. The van der Waals surface area contributed by atoms with Gasteiger partial charge in [0.25, 0.3) is 0 Å². The molecule has 1 aliphatic rings. The third-order valence-electron chi connectivity index (χ3n) is 2.90. The molecule has 1 aromatic heterocycles. The van der Waals surface area contributed by atoms with Crippen molar-refractivity contribution in [2.45, 2.75) is 38.3 Å². The molecular weight excluding hydrogens is 188 g/mol. The van der Waals surface area contributed by atoms with Crippen LogP contribution >= 0.6 is 0 Å². The normalized spacial score (nSPS) is 16.5. The SMILES string of the molecule is COC(C)(C)c1ccc(NC2CC2)nc1. The number of aromatic nitrogens is 1. The van der Waals surface area contributed by atoms with E-state index in [4.69, 9.17) is 4.74 Å². The molecule has 15 heavy (non-hydrogen) atoms. The largest absolute Gasteiger partial charge is 0.374 e. The molecule has 0 aromatic carbocycles. The molecule has 2 rings (SSSR count). The number of ether oxygens (including phenoxy) is 1. The van der Waals surface area contributed by atoms with Crippen LogP contribution in [0.5, 0.6) is 0 Å². The number of pyridine rings is 1. The number of rotatable bonds is 4. The molecule has 0 aliphatic heterocycles. The second-order valence-corrected chi connectivity index (χ2v) is 4.57. The molecule has 1 aromatic rings. The number of nitrogens with zero attached hydrogens (tertiary/aromatic N) is 1. The van der Waals surface area contributed by atoms with E-state index in [0.29, 0.717) is 6.04 Å². The Hall–Kier alpha value is -1.09. The van der Waals surface area contributed by atoms with E-state index in [0.717, 1.165) is 11.4 Å². The molecule has 0 unspecified atom stereocenters. The quantitative estimate of drug-likeness (QED) is 0.822. The minimum Gasteiger partial charge on any atom is -0.374 e. The summed E-state index contributed by atoms with van der Waals surface area (Å²) in [5, 5.41) is 3.36. The molecule has 82 valence electrons. The minimum atomic E-state index is -0.259. The first kappa shape index (κ1) is 10.4. The van der Waals surface area contributed by atoms with Crippen LogP contribution in [0.25, 0.3) is 0 Å². The molecule has 1 N–H and O–H groups in total. The fraction of sp³-hybridized carbons (Fsp3) is 0.583. The summed E-state index contributed by atoms with van der Waals surface area (Å²) in [4.78, 5) is 4.38. The van der Waals surface area contributed by atoms with Gasteiger partial charge in [-0.15, -0.1) is 0 Å². The van der Waals surface area contributed by atoms with Gasteiger partial charge in [0.05, 0.1) is 5.60 Å². The zero-order valence-electron chi connectivity index (χ0n) is 9.58. The predicted molar refractivity (Wildman–Crippen MR) is 60.9 cm³/mol. The summed E-state index contributed by atoms with van der Waals surface area (Å²) in [6, 6.07) is 4.74. The van der Waals surface area contributed by atoms with Crippen LogP contribution in [0.4, 0.5) is 5.82 Å². The highest BCUT2D eigenvalue weighted by atomic mass is 16.5. The molecule has 1 saturated carbocycles. The molecule has 1 fully saturated rings. The lowest BCUT2D eigenvalue weighted by atomic mass is 10.0. The molecule has 0 amide bonds. The van der Waals surface area contributed by atoms with Crippen LogP contribution in [0.3, 0.4) is 0 Å². The molecule has 0 saturated heterocycles. The van der Waals surface area contributed by atoms with E-state index in [1.165, 1.54) is 12.8 Å². The lowest BCUT2D eigenvalue weighted by Crippen LogP contribution is -2.19. The van der Waals surface area contributed by atoms with Crippen molar-refractivity contribution in [3.05, 3.63) is 23.9 Å². The Kier molecular flexibility index (Phi) is 2.65. The van der Waals surface area contributed by atoms with Crippen molar-refractivity contribution in [3.8, 4) is 0 Å². The van der Waals surface area contributed by atoms with E-state index in [9.17, 15) is 0 Å². The third-order valence-corrected chi connectivity index (χ3v) is 2.90. The van der Waals surface area contributed by atoms with Crippen molar-refractivity contribution in [1.29, 1.82) is 0 Å². The number of nitrogens with one attached hydrogen (secondary N) is 1. The van der Waals surface area contributed by atoms with Crippen molar-refractivity contribution < 1.29 is 4.74 Å². The van der Waals surface area contributed by atoms with E-state index in [2.05, 4.69) is 16.4 Å². The first-order chi connectivity index (χ1) is 7.12. The number of hydrogen-bond acceptors (Lipinski definition) is 3. The van der Waals surface area contributed by atoms with Crippen LogP contribution in [-0.2, 0) is 10.3 Å². The van der Waals surface area contributed by atoms with E-state index < -0.39 is 0 Å². The van der Waals surface area contributed by atoms with E-state index in [1.54, 1.807) is 7.11 Å². The summed E-state index contributed by atoms with van der Waals surface area (Å²) in [5.74, 6) is 0.966. The zero-order valence-corrected chi connectivity index (χ0v) is 9.58. The maximum absolute atomic E-state index is 5.40. The summed E-state index contributed by atoms with van der Waals surface area (Å²) in [5.41, 5.74) is 0.844. The van der Waals surface area contributed by atoms with E-state index in [1.807, 2.05) is 26.1 Å². The van der Waals surface area contributed by atoms with Gasteiger partial charge in [-0.2, -0.15) is 0 Å². The second kappa shape index (κ2) is 3.81. The number of hydrogen-bond donors (Lipinski definition) is 1. The average molecular weight is 206 g/mol. The van der Waals surface area contributed by atoms with Crippen molar-refractivity contribution in [2.24, 2.45) is 0 Å². The molecule has 3 heteroatoms.